The average molecular weight is 350 g/mol. The van der Waals surface area contributed by atoms with Gasteiger partial charge in [-0.3, -0.25) is 0 Å². The summed E-state index contributed by atoms with van der Waals surface area (Å²) in [6.07, 6.45) is 6.67. The molecule has 0 atom stereocenters. The third-order valence-corrected chi connectivity index (χ3v) is 7.93. The molecule has 0 radical (unpaired) electrons. The number of nitrogens with zero attached hydrogens (tertiary/aromatic N) is 3. The van der Waals surface area contributed by atoms with Gasteiger partial charge in [-0.1, -0.05) is 13.8 Å². The highest BCUT2D eigenvalue weighted by atomic mass is 32.2. The van der Waals surface area contributed by atoms with E-state index in [0.29, 0.717) is 24.6 Å². The van der Waals surface area contributed by atoms with Crippen molar-refractivity contribution >= 4 is 26.7 Å². The summed E-state index contributed by atoms with van der Waals surface area (Å²) in [5.41, 5.74) is 0.832. The summed E-state index contributed by atoms with van der Waals surface area (Å²) in [5, 5.41) is 0.823. The number of H-pyrrole nitrogens is 1. The number of nitrogens with one attached hydrogen (secondary N) is 1. The van der Waals surface area contributed by atoms with Gasteiger partial charge in [0.2, 0.25) is 0 Å². The smallest absolute Gasteiger partial charge is 0.153 e. The molecule has 6 nitrogen and oxygen atoms in total. The molecule has 0 bridgehead atoms. The van der Waals surface area contributed by atoms with Crippen molar-refractivity contribution in [3.8, 4) is 0 Å². The van der Waals surface area contributed by atoms with Gasteiger partial charge in [-0.2, -0.15) is 0 Å². The summed E-state index contributed by atoms with van der Waals surface area (Å²) in [6, 6.07) is 2.33. The van der Waals surface area contributed by atoms with Gasteiger partial charge in [0.25, 0.3) is 0 Å². The van der Waals surface area contributed by atoms with Gasteiger partial charge in [0.1, 0.15) is 17.8 Å². The lowest BCUT2D eigenvalue weighted by Gasteiger charge is -2.42. The Hall–Kier alpha value is -1.63. The Morgan fingerprint density at radius 1 is 1.29 bits per heavy atom. The maximum atomic E-state index is 12.4. The van der Waals surface area contributed by atoms with Crippen LogP contribution in [0.4, 0.5) is 5.82 Å². The highest BCUT2D eigenvalue weighted by Gasteiger charge is 2.37. The van der Waals surface area contributed by atoms with Crippen LogP contribution in [0, 0.1) is 5.92 Å². The van der Waals surface area contributed by atoms with Gasteiger partial charge in [-0.15, -0.1) is 0 Å². The summed E-state index contributed by atoms with van der Waals surface area (Å²) in [7, 11) is -0.938. The van der Waals surface area contributed by atoms with Crippen LogP contribution < -0.4 is 4.90 Å². The molecule has 0 aromatic carbocycles. The molecule has 0 aliphatic heterocycles. The molecule has 7 heteroatoms. The predicted octanol–water partition coefficient (Wildman–Crippen LogP) is 2.78. The minimum atomic E-state index is -2.97. The van der Waals surface area contributed by atoms with Gasteiger partial charge < -0.3 is 9.88 Å². The highest BCUT2D eigenvalue weighted by Crippen LogP contribution is 2.36. The minimum Gasteiger partial charge on any atom is -0.356 e. The van der Waals surface area contributed by atoms with Gasteiger partial charge in [0.15, 0.2) is 9.84 Å². The van der Waals surface area contributed by atoms with Crippen LogP contribution in [0.15, 0.2) is 18.6 Å². The number of aromatic amines is 1. The Bertz CT molecular complexity index is 792. The van der Waals surface area contributed by atoms with Crippen molar-refractivity contribution in [1.29, 1.82) is 0 Å². The number of hydrogen-bond acceptors (Lipinski definition) is 5. The lowest BCUT2D eigenvalue weighted by Crippen LogP contribution is -2.46. The minimum absolute atomic E-state index is 0.185. The van der Waals surface area contributed by atoms with Crippen LogP contribution in [-0.2, 0) is 9.84 Å². The Morgan fingerprint density at radius 3 is 2.67 bits per heavy atom. The van der Waals surface area contributed by atoms with Crippen molar-refractivity contribution in [3.63, 3.8) is 0 Å². The van der Waals surface area contributed by atoms with Crippen molar-refractivity contribution in [3.05, 3.63) is 18.6 Å². The van der Waals surface area contributed by atoms with Crippen molar-refractivity contribution in [1.82, 2.24) is 15.0 Å². The van der Waals surface area contributed by atoms with E-state index < -0.39 is 9.84 Å². The molecule has 1 aliphatic rings. The number of rotatable bonds is 7. The standard InChI is InChI=1S/C17H26N4O2S/c1-4-14(5-2)24(22,23)10-12-8-13(9-12)21(3)17-15-6-7-18-16(15)19-11-20-17/h6-7,11-14H,4-5,8-10H2,1-3H3,(H,18,19,20). The number of aromatic nitrogens is 3. The van der Waals surface area contributed by atoms with Gasteiger partial charge in [-0.05, 0) is 37.7 Å². The van der Waals surface area contributed by atoms with E-state index in [1.165, 1.54) is 0 Å². The number of anilines is 1. The van der Waals surface area contributed by atoms with Crippen LogP contribution in [0.25, 0.3) is 11.0 Å². The summed E-state index contributed by atoms with van der Waals surface area (Å²) >= 11 is 0. The van der Waals surface area contributed by atoms with Crippen molar-refractivity contribution < 1.29 is 8.42 Å². The van der Waals surface area contributed by atoms with Crippen molar-refractivity contribution in [2.24, 2.45) is 5.92 Å². The number of fused-ring (bicyclic) bond motifs is 1. The largest absolute Gasteiger partial charge is 0.356 e. The lowest BCUT2D eigenvalue weighted by molar-refractivity contribution is 0.281. The monoisotopic (exact) mass is 350 g/mol. The molecule has 0 spiro atoms. The second-order valence-electron chi connectivity index (χ2n) is 6.81. The molecule has 0 saturated heterocycles. The van der Waals surface area contributed by atoms with E-state index in [0.717, 1.165) is 29.7 Å². The first-order valence-electron chi connectivity index (χ1n) is 8.68. The number of hydrogen-bond donors (Lipinski definition) is 1. The Labute approximate surface area is 143 Å². The third kappa shape index (κ3) is 3.14. The van der Waals surface area contributed by atoms with Crippen molar-refractivity contribution in [2.75, 3.05) is 17.7 Å². The SMILES string of the molecule is CCC(CC)S(=O)(=O)CC1CC(N(C)c2ncnc3[nH]ccc23)C1. The van der Waals surface area contributed by atoms with Crippen LogP contribution in [0.1, 0.15) is 39.5 Å². The molecule has 1 aliphatic carbocycles. The molecule has 132 valence electrons. The van der Waals surface area contributed by atoms with Crippen LogP contribution in [-0.4, -0.2) is 47.5 Å². The second-order valence-corrected chi connectivity index (χ2v) is 9.13. The normalized spacial score (nSPS) is 21.2. The van der Waals surface area contributed by atoms with Gasteiger partial charge in [0.05, 0.1) is 16.4 Å². The highest BCUT2D eigenvalue weighted by molar-refractivity contribution is 7.92. The summed E-state index contributed by atoms with van der Waals surface area (Å²) < 4.78 is 24.9. The second kappa shape index (κ2) is 6.70. The zero-order valence-electron chi connectivity index (χ0n) is 14.6. The fraction of sp³-hybridized carbons (Fsp3) is 0.647. The molecule has 0 unspecified atom stereocenters. The van der Waals surface area contributed by atoms with Crippen LogP contribution >= 0.6 is 0 Å². The van der Waals surface area contributed by atoms with Gasteiger partial charge in [0, 0.05) is 19.3 Å². The molecule has 24 heavy (non-hydrogen) atoms. The van der Waals surface area contributed by atoms with E-state index >= 15 is 0 Å². The average Bonchev–Trinajstić information content (AvgIpc) is 2.99. The molecule has 2 aromatic heterocycles. The fourth-order valence-corrected chi connectivity index (χ4v) is 5.94. The summed E-state index contributed by atoms with van der Waals surface area (Å²) in [6.45, 7) is 3.92. The topological polar surface area (TPSA) is 79.0 Å². The summed E-state index contributed by atoms with van der Waals surface area (Å²) in [4.78, 5) is 13.9. The Kier molecular flexibility index (Phi) is 4.80. The van der Waals surface area contributed by atoms with E-state index in [4.69, 9.17) is 0 Å². The predicted molar refractivity (Wildman–Crippen MR) is 97.0 cm³/mol. The molecule has 0 amide bonds. The first kappa shape index (κ1) is 17.2. The van der Waals surface area contributed by atoms with Gasteiger partial charge >= 0.3 is 0 Å². The first-order chi connectivity index (χ1) is 11.5. The molecule has 3 rings (SSSR count). The number of sulfone groups is 1. The zero-order valence-corrected chi connectivity index (χ0v) is 15.4. The van der Waals surface area contributed by atoms with Crippen LogP contribution in [0.2, 0.25) is 0 Å². The van der Waals surface area contributed by atoms with Crippen LogP contribution in [0.5, 0.6) is 0 Å². The quantitative estimate of drug-likeness (QED) is 0.830. The molecular weight excluding hydrogens is 324 g/mol. The molecule has 1 N–H and O–H groups in total. The first-order valence-corrected chi connectivity index (χ1v) is 10.4. The van der Waals surface area contributed by atoms with Gasteiger partial charge in [-0.25, -0.2) is 18.4 Å². The van der Waals surface area contributed by atoms with E-state index in [9.17, 15) is 8.42 Å². The molecular formula is C17H26N4O2S. The zero-order chi connectivity index (χ0) is 17.3. The fourth-order valence-electron chi connectivity index (χ4n) is 3.73. The molecule has 1 fully saturated rings. The Morgan fingerprint density at radius 2 is 2.00 bits per heavy atom. The van der Waals surface area contributed by atoms with Crippen molar-refractivity contribution in [2.45, 2.75) is 50.8 Å². The maximum Gasteiger partial charge on any atom is 0.153 e. The molecule has 1 saturated carbocycles. The van der Waals surface area contributed by atoms with E-state index in [1.54, 1.807) is 6.33 Å². The van der Waals surface area contributed by atoms with E-state index in [2.05, 4.69) is 19.9 Å². The third-order valence-electron chi connectivity index (χ3n) is 5.31. The summed E-state index contributed by atoms with van der Waals surface area (Å²) in [5.74, 6) is 1.51. The van der Waals surface area contributed by atoms with E-state index in [1.807, 2.05) is 33.2 Å². The van der Waals surface area contributed by atoms with Crippen LogP contribution in [0.3, 0.4) is 0 Å². The molecule has 2 aromatic rings. The Balaban J connectivity index is 1.63. The molecule has 2 heterocycles. The van der Waals surface area contributed by atoms with E-state index in [-0.39, 0.29) is 11.2 Å². The lowest BCUT2D eigenvalue weighted by atomic mass is 9.81. The maximum absolute atomic E-state index is 12.4.